The molecule has 1 N–H and O–H groups in total. The molecule has 0 spiro atoms. The molecule has 0 atom stereocenters. The first-order valence-electron chi connectivity index (χ1n) is 7.81. The van der Waals surface area contributed by atoms with Gasteiger partial charge in [-0.15, -0.1) is 0 Å². The maximum Gasteiger partial charge on any atom is 0.262 e. The van der Waals surface area contributed by atoms with E-state index >= 15 is 0 Å². The summed E-state index contributed by atoms with van der Waals surface area (Å²) in [6, 6.07) is 10.6. The molecule has 0 fully saturated rings. The van der Waals surface area contributed by atoms with Gasteiger partial charge in [-0.2, -0.15) is 0 Å². The van der Waals surface area contributed by atoms with Gasteiger partial charge in [0.1, 0.15) is 5.75 Å². The third kappa shape index (κ3) is 4.97. The Morgan fingerprint density at radius 1 is 1.12 bits per heavy atom. The van der Waals surface area contributed by atoms with Crippen LogP contribution in [0.15, 0.2) is 36.4 Å². The van der Waals surface area contributed by atoms with Crippen molar-refractivity contribution >= 4 is 34.8 Å². The lowest BCUT2D eigenvalue weighted by molar-refractivity contribution is -0.118. The fraction of sp³-hybridized carbons (Fsp3) is 0.263. The number of nitrogens with one attached hydrogen (secondary N) is 1. The molecule has 0 unspecified atom stereocenters. The van der Waals surface area contributed by atoms with Crippen molar-refractivity contribution in [2.45, 2.75) is 20.8 Å². The number of benzene rings is 2. The average molecular weight is 361 g/mol. The van der Waals surface area contributed by atoms with E-state index < -0.39 is 0 Å². The molecular formula is C19H21ClN2O3. The number of hydrogen-bond acceptors (Lipinski definition) is 3. The highest BCUT2D eigenvalue weighted by atomic mass is 35.5. The second kappa shape index (κ2) is 8.03. The molecule has 0 bridgehead atoms. The Hall–Kier alpha value is -2.53. The zero-order valence-corrected chi connectivity index (χ0v) is 15.5. The van der Waals surface area contributed by atoms with Gasteiger partial charge in [-0.05, 0) is 61.4 Å². The van der Waals surface area contributed by atoms with E-state index in [1.807, 2.05) is 13.8 Å². The number of carbonyl (C=O) groups is 2. The van der Waals surface area contributed by atoms with Gasteiger partial charge in [0.15, 0.2) is 6.61 Å². The van der Waals surface area contributed by atoms with Crippen LogP contribution < -0.4 is 15.0 Å². The highest BCUT2D eigenvalue weighted by Crippen LogP contribution is 2.25. The first-order valence-corrected chi connectivity index (χ1v) is 8.19. The molecule has 25 heavy (non-hydrogen) atoms. The normalized spacial score (nSPS) is 10.3. The molecule has 0 saturated carbocycles. The number of hydrogen-bond donors (Lipinski definition) is 1. The monoisotopic (exact) mass is 360 g/mol. The zero-order valence-electron chi connectivity index (χ0n) is 14.7. The molecule has 0 aliphatic carbocycles. The van der Waals surface area contributed by atoms with E-state index in [1.54, 1.807) is 43.4 Å². The van der Waals surface area contributed by atoms with Crippen LogP contribution >= 0.6 is 11.6 Å². The lowest BCUT2D eigenvalue weighted by atomic mass is 10.1. The molecular weight excluding hydrogens is 340 g/mol. The Labute approximate surface area is 152 Å². The van der Waals surface area contributed by atoms with Crippen LogP contribution in [0.5, 0.6) is 5.75 Å². The highest BCUT2D eigenvalue weighted by Gasteiger charge is 2.08. The van der Waals surface area contributed by atoms with E-state index in [-0.39, 0.29) is 18.4 Å². The summed E-state index contributed by atoms with van der Waals surface area (Å²) in [5.41, 5.74) is 3.20. The summed E-state index contributed by atoms with van der Waals surface area (Å²) in [7, 11) is 1.69. The molecule has 0 aliphatic heterocycles. The molecule has 5 nitrogen and oxygen atoms in total. The van der Waals surface area contributed by atoms with Crippen LogP contribution in [0.2, 0.25) is 5.02 Å². The van der Waals surface area contributed by atoms with Gasteiger partial charge >= 0.3 is 0 Å². The first-order chi connectivity index (χ1) is 11.8. The van der Waals surface area contributed by atoms with Crippen LogP contribution in [0.3, 0.4) is 0 Å². The molecule has 6 heteroatoms. The molecule has 132 valence electrons. The maximum absolute atomic E-state index is 12.0. The number of carbonyl (C=O) groups excluding carboxylic acids is 2. The zero-order chi connectivity index (χ0) is 18.6. The fourth-order valence-electron chi connectivity index (χ4n) is 2.29. The summed E-state index contributed by atoms with van der Waals surface area (Å²) in [6.45, 7) is 5.17. The number of aryl methyl sites for hydroxylation is 2. The maximum atomic E-state index is 12.0. The van der Waals surface area contributed by atoms with Crippen LogP contribution in [-0.4, -0.2) is 25.5 Å². The van der Waals surface area contributed by atoms with E-state index in [2.05, 4.69) is 5.32 Å². The second-order valence-corrected chi connectivity index (χ2v) is 6.21. The molecule has 2 aromatic carbocycles. The molecule has 2 aromatic rings. The van der Waals surface area contributed by atoms with E-state index in [4.69, 9.17) is 16.3 Å². The van der Waals surface area contributed by atoms with Crippen LogP contribution in [0.1, 0.15) is 18.1 Å². The number of rotatable bonds is 5. The second-order valence-electron chi connectivity index (χ2n) is 5.83. The van der Waals surface area contributed by atoms with Crippen LogP contribution in [0.25, 0.3) is 0 Å². The van der Waals surface area contributed by atoms with Crippen molar-refractivity contribution in [1.82, 2.24) is 0 Å². The number of halogens is 1. The minimum absolute atomic E-state index is 0.0567. The molecule has 0 aromatic heterocycles. The molecule has 0 saturated heterocycles. The van der Waals surface area contributed by atoms with Crippen molar-refractivity contribution in [2.24, 2.45) is 0 Å². The quantitative estimate of drug-likeness (QED) is 0.878. The Balaban J connectivity index is 1.93. The molecule has 0 heterocycles. The Bertz CT molecular complexity index is 765. The summed E-state index contributed by atoms with van der Waals surface area (Å²) >= 11 is 6.11. The molecule has 0 aliphatic rings. The molecule has 0 radical (unpaired) electrons. The number of amides is 2. The Morgan fingerprint density at radius 2 is 1.68 bits per heavy atom. The highest BCUT2D eigenvalue weighted by molar-refractivity contribution is 6.32. The fourth-order valence-corrected chi connectivity index (χ4v) is 2.39. The Morgan fingerprint density at radius 3 is 2.20 bits per heavy atom. The first kappa shape index (κ1) is 18.8. The van der Waals surface area contributed by atoms with Crippen LogP contribution in [0.4, 0.5) is 11.4 Å². The summed E-state index contributed by atoms with van der Waals surface area (Å²) < 4.78 is 5.53. The van der Waals surface area contributed by atoms with E-state index in [0.717, 1.165) is 16.8 Å². The van der Waals surface area contributed by atoms with Crippen molar-refractivity contribution in [3.8, 4) is 5.75 Å². The average Bonchev–Trinajstić information content (AvgIpc) is 2.57. The van der Waals surface area contributed by atoms with Crippen LogP contribution in [-0.2, 0) is 9.59 Å². The summed E-state index contributed by atoms with van der Waals surface area (Å²) in [4.78, 5) is 24.9. The van der Waals surface area contributed by atoms with Gasteiger partial charge in [-0.25, -0.2) is 0 Å². The van der Waals surface area contributed by atoms with Gasteiger partial charge in [0, 0.05) is 30.4 Å². The van der Waals surface area contributed by atoms with Crippen molar-refractivity contribution in [2.75, 3.05) is 23.9 Å². The smallest absolute Gasteiger partial charge is 0.262 e. The predicted molar refractivity (Wildman–Crippen MR) is 101 cm³/mol. The minimum atomic E-state index is -0.266. The summed E-state index contributed by atoms with van der Waals surface area (Å²) in [6.07, 6.45) is 0. The van der Waals surface area contributed by atoms with Crippen molar-refractivity contribution < 1.29 is 14.3 Å². The number of nitrogens with zero attached hydrogens (tertiary/aromatic N) is 1. The molecule has 2 amide bonds. The standard InChI is InChI=1S/C19H21ClN2O3/c1-12-9-17(10-13(2)19(12)20)25-11-18(24)21-15-5-7-16(8-6-15)22(4)14(3)23/h5-10H,11H2,1-4H3,(H,21,24). The van der Waals surface area contributed by atoms with Gasteiger partial charge in [0.2, 0.25) is 5.91 Å². The topological polar surface area (TPSA) is 58.6 Å². The van der Waals surface area contributed by atoms with Crippen molar-refractivity contribution in [3.63, 3.8) is 0 Å². The third-order valence-electron chi connectivity index (χ3n) is 3.79. The Kier molecular flexibility index (Phi) is 6.04. The lowest BCUT2D eigenvalue weighted by Gasteiger charge is -2.15. The third-order valence-corrected chi connectivity index (χ3v) is 4.39. The predicted octanol–water partition coefficient (Wildman–Crippen LogP) is 3.96. The van der Waals surface area contributed by atoms with Gasteiger partial charge in [0.05, 0.1) is 0 Å². The SMILES string of the molecule is CC(=O)N(C)c1ccc(NC(=O)COc2cc(C)c(Cl)c(C)c2)cc1. The van der Waals surface area contributed by atoms with Gasteiger partial charge < -0.3 is 15.0 Å². The number of ether oxygens (including phenoxy) is 1. The van der Waals surface area contributed by atoms with E-state index in [9.17, 15) is 9.59 Å². The van der Waals surface area contributed by atoms with Gasteiger partial charge in [-0.3, -0.25) is 9.59 Å². The largest absolute Gasteiger partial charge is 0.484 e. The number of anilines is 2. The molecule has 2 rings (SSSR count). The van der Waals surface area contributed by atoms with Gasteiger partial charge in [-0.1, -0.05) is 11.6 Å². The minimum Gasteiger partial charge on any atom is -0.484 e. The lowest BCUT2D eigenvalue weighted by Crippen LogP contribution is -2.23. The van der Waals surface area contributed by atoms with Crippen molar-refractivity contribution in [1.29, 1.82) is 0 Å². The van der Waals surface area contributed by atoms with E-state index in [0.29, 0.717) is 16.5 Å². The summed E-state index contributed by atoms with van der Waals surface area (Å²) in [5.74, 6) is 0.282. The van der Waals surface area contributed by atoms with Crippen molar-refractivity contribution in [3.05, 3.63) is 52.5 Å². The van der Waals surface area contributed by atoms with E-state index in [1.165, 1.54) is 11.8 Å². The summed E-state index contributed by atoms with van der Waals surface area (Å²) in [5, 5.41) is 3.46. The van der Waals surface area contributed by atoms with Gasteiger partial charge in [0.25, 0.3) is 5.91 Å². The van der Waals surface area contributed by atoms with Crippen LogP contribution in [0, 0.1) is 13.8 Å².